The molecule has 6 aromatic rings. The molecule has 0 unspecified atom stereocenters. The lowest BCUT2D eigenvalue weighted by atomic mass is 9.68. The molecule has 0 bridgehead atoms. The van der Waals surface area contributed by atoms with Gasteiger partial charge < -0.3 is 4.57 Å². The fraction of sp³-hybridized carbons (Fsp3) is 0.118. The molecule has 0 atom stereocenters. The smallest absolute Gasteiger partial charge is 0.193 e. The summed E-state index contributed by atoms with van der Waals surface area (Å²) in [6.07, 6.45) is 0. The van der Waals surface area contributed by atoms with Crippen LogP contribution < -0.4 is 10.9 Å². The summed E-state index contributed by atoms with van der Waals surface area (Å²) in [7, 11) is 1.01. The molecule has 1 aliphatic heterocycles. The van der Waals surface area contributed by atoms with Crippen molar-refractivity contribution in [3.63, 3.8) is 0 Å². The highest BCUT2D eigenvalue weighted by atomic mass is 15.0. The molecule has 2 heterocycles. The van der Waals surface area contributed by atoms with Gasteiger partial charge in [0.25, 0.3) is 0 Å². The van der Waals surface area contributed by atoms with Crippen LogP contribution in [0, 0.1) is 27.7 Å². The average molecular weight is 461 g/mol. The van der Waals surface area contributed by atoms with Crippen LogP contribution in [0.2, 0.25) is 0 Å². The van der Waals surface area contributed by atoms with Crippen molar-refractivity contribution in [2.45, 2.75) is 27.7 Å². The van der Waals surface area contributed by atoms with Crippen LogP contribution in [0.4, 0.5) is 0 Å². The highest BCUT2D eigenvalue weighted by Crippen LogP contribution is 2.39. The first-order chi connectivity index (χ1) is 17.5. The number of aryl methyl sites for hydroxylation is 2. The van der Waals surface area contributed by atoms with E-state index in [9.17, 15) is 0 Å². The van der Waals surface area contributed by atoms with Gasteiger partial charge in [0.2, 0.25) is 0 Å². The SMILES string of the molecule is Cc1cc(C)c(C)c(-c2ccc3c(c2)c2ccccc2n3-c2cccc3c2-c2ccccc2B3)c1C. The molecule has 0 saturated heterocycles. The van der Waals surface area contributed by atoms with Gasteiger partial charge in [-0.15, -0.1) is 0 Å². The summed E-state index contributed by atoms with van der Waals surface area (Å²) < 4.78 is 2.48. The van der Waals surface area contributed by atoms with Crippen molar-refractivity contribution >= 4 is 40.0 Å². The summed E-state index contributed by atoms with van der Waals surface area (Å²) in [6, 6.07) is 33.9. The number of nitrogens with zero attached hydrogens (tertiary/aromatic N) is 1. The number of rotatable bonds is 2. The highest BCUT2D eigenvalue weighted by Gasteiger charge is 2.24. The number of benzene rings is 5. The predicted octanol–water partition coefficient (Wildman–Crippen LogP) is 7.05. The number of para-hydroxylation sites is 1. The fourth-order valence-corrected chi connectivity index (χ4v) is 6.39. The molecule has 172 valence electrons. The van der Waals surface area contributed by atoms with Crippen LogP contribution in [0.5, 0.6) is 0 Å². The average Bonchev–Trinajstić information content (AvgIpc) is 3.43. The van der Waals surface area contributed by atoms with Gasteiger partial charge in [0.15, 0.2) is 7.28 Å². The Morgan fingerprint density at radius 2 is 1.25 bits per heavy atom. The van der Waals surface area contributed by atoms with Crippen LogP contribution in [0.3, 0.4) is 0 Å². The molecule has 2 heteroatoms. The van der Waals surface area contributed by atoms with Crippen molar-refractivity contribution < 1.29 is 0 Å². The molecule has 0 N–H and O–H groups in total. The fourth-order valence-electron chi connectivity index (χ4n) is 6.39. The lowest BCUT2D eigenvalue weighted by molar-refractivity contribution is 1.19. The van der Waals surface area contributed by atoms with Crippen molar-refractivity contribution in [2.75, 3.05) is 0 Å². The van der Waals surface area contributed by atoms with E-state index in [2.05, 4.69) is 123 Å². The highest BCUT2D eigenvalue weighted by molar-refractivity contribution is 6.73. The second-order valence-corrected chi connectivity index (χ2v) is 10.4. The minimum absolute atomic E-state index is 1.01. The van der Waals surface area contributed by atoms with Gasteiger partial charge in [0, 0.05) is 10.8 Å². The van der Waals surface area contributed by atoms with Gasteiger partial charge in [-0.05, 0) is 96.5 Å². The lowest BCUT2D eigenvalue weighted by Gasteiger charge is -2.17. The number of fused-ring (bicyclic) bond motifs is 6. The predicted molar refractivity (Wildman–Crippen MR) is 157 cm³/mol. The van der Waals surface area contributed by atoms with E-state index in [4.69, 9.17) is 0 Å². The summed E-state index contributed by atoms with van der Waals surface area (Å²) >= 11 is 0. The Morgan fingerprint density at radius 1 is 0.556 bits per heavy atom. The molecule has 0 fully saturated rings. The Kier molecular flexibility index (Phi) is 4.57. The topological polar surface area (TPSA) is 4.93 Å². The third-order valence-electron chi connectivity index (χ3n) is 8.36. The van der Waals surface area contributed by atoms with Gasteiger partial charge in [-0.2, -0.15) is 0 Å². The van der Waals surface area contributed by atoms with Gasteiger partial charge in [0.05, 0.1) is 16.7 Å². The zero-order valence-corrected chi connectivity index (χ0v) is 21.3. The molecule has 1 aromatic heterocycles. The Hall–Kier alpha value is -4.04. The summed E-state index contributed by atoms with van der Waals surface area (Å²) in [6.45, 7) is 8.97. The van der Waals surface area contributed by atoms with Gasteiger partial charge >= 0.3 is 0 Å². The molecule has 0 radical (unpaired) electrons. The van der Waals surface area contributed by atoms with Crippen LogP contribution in [0.15, 0.2) is 91.0 Å². The quantitative estimate of drug-likeness (QED) is 0.243. The molecular weight excluding hydrogens is 433 g/mol. The van der Waals surface area contributed by atoms with Crippen LogP contribution in [0.25, 0.3) is 49.7 Å². The van der Waals surface area contributed by atoms with E-state index in [1.807, 2.05) is 0 Å². The molecule has 1 nitrogen and oxygen atoms in total. The van der Waals surface area contributed by atoms with E-state index < -0.39 is 0 Å². The zero-order chi connectivity index (χ0) is 24.6. The summed E-state index contributed by atoms with van der Waals surface area (Å²) in [5, 5.41) is 2.61. The molecule has 0 amide bonds. The normalized spacial score (nSPS) is 12.1. The van der Waals surface area contributed by atoms with Crippen LogP contribution in [-0.2, 0) is 0 Å². The largest absolute Gasteiger partial charge is 0.309 e. The van der Waals surface area contributed by atoms with E-state index in [1.54, 1.807) is 0 Å². The van der Waals surface area contributed by atoms with Crippen LogP contribution in [-0.4, -0.2) is 11.8 Å². The molecule has 0 saturated carbocycles. The van der Waals surface area contributed by atoms with E-state index in [-0.39, 0.29) is 0 Å². The molecule has 0 spiro atoms. The minimum Gasteiger partial charge on any atom is -0.309 e. The molecule has 0 aliphatic carbocycles. The summed E-state index contributed by atoms with van der Waals surface area (Å²) in [5.74, 6) is 0. The van der Waals surface area contributed by atoms with Gasteiger partial charge in [0.1, 0.15) is 0 Å². The number of hydrogen-bond acceptors (Lipinski definition) is 0. The van der Waals surface area contributed by atoms with Crippen molar-refractivity contribution in [3.05, 3.63) is 113 Å². The second kappa shape index (κ2) is 7.73. The Balaban J connectivity index is 1.55. The Morgan fingerprint density at radius 3 is 2.08 bits per heavy atom. The van der Waals surface area contributed by atoms with Crippen molar-refractivity contribution in [1.29, 1.82) is 0 Å². The number of aromatic nitrogens is 1. The van der Waals surface area contributed by atoms with Crippen molar-refractivity contribution in [2.24, 2.45) is 0 Å². The van der Waals surface area contributed by atoms with E-state index in [1.165, 1.54) is 82.9 Å². The maximum absolute atomic E-state index is 2.48. The zero-order valence-electron chi connectivity index (χ0n) is 21.3. The summed E-state index contributed by atoms with van der Waals surface area (Å²) in [4.78, 5) is 0. The molecule has 7 rings (SSSR count). The van der Waals surface area contributed by atoms with E-state index >= 15 is 0 Å². The van der Waals surface area contributed by atoms with Gasteiger partial charge in [-0.25, -0.2) is 0 Å². The second-order valence-electron chi connectivity index (χ2n) is 10.4. The maximum atomic E-state index is 2.48. The van der Waals surface area contributed by atoms with Gasteiger partial charge in [-0.1, -0.05) is 77.7 Å². The Bertz CT molecular complexity index is 1830. The minimum atomic E-state index is 1.01. The standard InChI is InChI=1S/C34H28BN/c1-20-18-21(2)23(4)33(22(20)3)24-16-17-31-27(19-24)25-10-6-8-14-30(25)36(31)32-15-9-13-29-34(32)26-11-5-7-12-28(26)35-29/h5-19,35H,1-4H3. The van der Waals surface area contributed by atoms with Crippen molar-refractivity contribution in [3.8, 4) is 27.9 Å². The maximum Gasteiger partial charge on any atom is 0.193 e. The van der Waals surface area contributed by atoms with E-state index in [0.29, 0.717) is 0 Å². The monoisotopic (exact) mass is 461 g/mol. The number of hydrogen-bond donors (Lipinski definition) is 0. The Labute approximate surface area is 213 Å². The first-order valence-corrected chi connectivity index (χ1v) is 12.8. The molecular formula is C34H28BN. The summed E-state index contributed by atoms with van der Waals surface area (Å²) in [5.41, 5.74) is 17.5. The first-order valence-electron chi connectivity index (χ1n) is 12.8. The third kappa shape index (κ3) is 2.91. The van der Waals surface area contributed by atoms with Crippen LogP contribution >= 0.6 is 0 Å². The lowest BCUT2D eigenvalue weighted by Crippen LogP contribution is -2.20. The third-order valence-corrected chi connectivity index (χ3v) is 8.36. The van der Waals surface area contributed by atoms with Crippen LogP contribution in [0.1, 0.15) is 22.3 Å². The first kappa shape index (κ1) is 21.3. The van der Waals surface area contributed by atoms with Crippen molar-refractivity contribution in [1.82, 2.24) is 4.57 Å². The molecule has 36 heavy (non-hydrogen) atoms. The molecule has 1 aliphatic rings. The molecule has 5 aromatic carbocycles. The van der Waals surface area contributed by atoms with Gasteiger partial charge in [-0.3, -0.25) is 0 Å². The van der Waals surface area contributed by atoms with E-state index in [0.717, 1.165) is 7.28 Å².